The molecule has 1 amide bonds. The SMILES string of the molecule is COC(=O)c1cc(Cl)c(Cl)cc1NC(=O)c1cc(-c2ccc3c(c2)CCO3)on1. The number of benzene rings is 2. The second-order valence-corrected chi connectivity index (χ2v) is 7.07. The van der Waals surface area contributed by atoms with Crippen LogP contribution in [0.3, 0.4) is 0 Å². The van der Waals surface area contributed by atoms with Crippen LogP contribution >= 0.6 is 23.2 Å². The predicted octanol–water partition coefficient (Wildman–Crippen LogP) is 4.62. The maximum absolute atomic E-state index is 12.6. The highest BCUT2D eigenvalue weighted by molar-refractivity contribution is 6.42. The third kappa shape index (κ3) is 3.79. The lowest BCUT2D eigenvalue weighted by atomic mass is 10.1. The van der Waals surface area contributed by atoms with E-state index in [2.05, 4.69) is 10.5 Å². The van der Waals surface area contributed by atoms with Crippen molar-refractivity contribution in [3.63, 3.8) is 0 Å². The number of aromatic nitrogens is 1. The number of halogens is 2. The monoisotopic (exact) mass is 432 g/mol. The van der Waals surface area contributed by atoms with Crippen LogP contribution in [0.4, 0.5) is 5.69 Å². The van der Waals surface area contributed by atoms with Crippen molar-refractivity contribution < 1.29 is 23.6 Å². The van der Waals surface area contributed by atoms with E-state index in [4.69, 9.17) is 37.2 Å². The van der Waals surface area contributed by atoms with Crippen LogP contribution in [0.1, 0.15) is 26.4 Å². The molecular weight excluding hydrogens is 419 g/mol. The van der Waals surface area contributed by atoms with Gasteiger partial charge in [-0.1, -0.05) is 28.4 Å². The molecule has 0 radical (unpaired) electrons. The summed E-state index contributed by atoms with van der Waals surface area (Å²) in [4.78, 5) is 24.6. The van der Waals surface area contributed by atoms with E-state index < -0.39 is 11.9 Å². The van der Waals surface area contributed by atoms with Gasteiger partial charge >= 0.3 is 5.97 Å². The van der Waals surface area contributed by atoms with Gasteiger partial charge in [0, 0.05) is 18.1 Å². The number of carbonyl (C=O) groups excluding carboxylic acids is 2. The molecular formula is C20H14Cl2N2O5. The first-order valence-corrected chi connectivity index (χ1v) is 9.33. The zero-order valence-electron chi connectivity index (χ0n) is 15.1. The summed E-state index contributed by atoms with van der Waals surface area (Å²) in [6, 6.07) is 9.85. The lowest BCUT2D eigenvalue weighted by molar-refractivity contribution is 0.0602. The van der Waals surface area contributed by atoms with E-state index in [9.17, 15) is 9.59 Å². The van der Waals surface area contributed by atoms with Gasteiger partial charge < -0.3 is 19.3 Å². The Labute approximate surface area is 175 Å². The number of hydrogen-bond acceptors (Lipinski definition) is 6. The van der Waals surface area contributed by atoms with Crippen LogP contribution in [-0.4, -0.2) is 30.7 Å². The topological polar surface area (TPSA) is 90.7 Å². The minimum Gasteiger partial charge on any atom is -0.493 e. The van der Waals surface area contributed by atoms with Gasteiger partial charge in [-0.25, -0.2) is 4.79 Å². The Hall–Kier alpha value is -3.03. The van der Waals surface area contributed by atoms with Gasteiger partial charge in [0.05, 0.1) is 35.0 Å². The third-order valence-electron chi connectivity index (χ3n) is 4.43. The minimum absolute atomic E-state index is 0.0404. The molecule has 4 rings (SSSR count). The van der Waals surface area contributed by atoms with Gasteiger partial charge in [0.2, 0.25) is 0 Å². The maximum Gasteiger partial charge on any atom is 0.340 e. The standard InChI is InChI=1S/C20H14Cl2N2O5/c1-27-20(26)12-7-13(21)14(22)8-15(12)23-19(25)16-9-18(29-24-16)10-2-3-17-11(6-10)4-5-28-17/h2-3,6-9H,4-5H2,1H3,(H,23,25). The molecule has 7 nitrogen and oxygen atoms in total. The number of esters is 1. The molecule has 0 fully saturated rings. The van der Waals surface area contributed by atoms with E-state index in [1.54, 1.807) is 0 Å². The number of methoxy groups -OCH3 is 1. The summed E-state index contributed by atoms with van der Waals surface area (Å²) in [6.07, 6.45) is 0.818. The van der Waals surface area contributed by atoms with Gasteiger partial charge in [-0.05, 0) is 35.9 Å². The van der Waals surface area contributed by atoms with Gasteiger partial charge in [0.15, 0.2) is 11.5 Å². The molecule has 0 spiro atoms. The van der Waals surface area contributed by atoms with Crippen molar-refractivity contribution in [1.29, 1.82) is 0 Å². The Morgan fingerprint density at radius 2 is 1.93 bits per heavy atom. The van der Waals surface area contributed by atoms with Gasteiger partial charge in [-0.3, -0.25) is 4.79 Å². The Morgan fingerprint density at radius 3 is 2.72 bits per heavy atom. The first kappa shape index (κ1) is 19.3. The van der Waals surface area contributed by atoms with Crippen molar-refractivity contribution in [2.75, 3.05) is 19.0 Å². The lowest BCUT2D eigenvalue weighted by Gasteiger charge is -2.10. The highest BCUT2D eigenvalue weighted by Gasteiger charge is 2.21. The molecule has 29 heavy (non-hydrogen) atoms. The molecule has 1 N–H and O–H groups in total. The molecule has 3 aromatic rings. The molecule has 0 saturated heterocycles. The van der Waals surface area contributed by atoms with Crippen LogP contribution < -0.4 is 10.1 Å². The van der Waals surface area contributed by atoms with Gasteiger partial charge in [-0.15, -0.1) is 0 Å². The number of fused-ring (bicyclic) bond motifs is 1. The van der Waals surface area contributed by atoms with Crippen LogP contribution in [0.15, 0.2) is 40.9 Å². The van der Waals surface area contributed by atoms with E-state index in [1.165, 1.54) is 25.3 Å². The molecule has 1 aliphatic heterocycles. The van der Waals surface area contributed by atoms with Crippen LogP contribution in [0.2, 0.25) is 10.0 Å². The summed E-state index contributed by atoms with van der Waals surface area (Å²) in [5.41, 5.74) is 2.11. The summed E-state index contributed by atoms with van der Waals surface area (Å²) < 4.78 is 15.5. The molecule has 148 valence electrons. The zero-order valence-corrected chi connectivity index (χ0v) is 16.6. The second-order valence-electron chi connectivity index (χ2n) is 6.25. The predicted molar refractivity (Wildman–Crippen MR) is 107 cm³/mol. The summed E-state index contributed by atoms with van der Waals surface area (Å²) in [5, 5.41) is 6.75. The molecule has 9 heteroatoms. The first-order valence-electron chi connectivity index (χ1n) is 8.58. The van der Waals surface area contributed by atoms with Crippen LogP contribution in [-0.2, 0) is 11.2 Å². The Balaban J connectivity index is 1.59. The average molecular weight is 433 g/mol. The van der Waals surface area contributed by atoms with Crippen LogP contribution in [0.25, 0.3) is 11.3 Å². The van der Waals surface area contributed by atoms with Crippen molar-refractivity contribution in [3.05, 3.63) is 63.3 Å². The van der Waals surface area contributed by atoms with Gasteiger partial charge in [-0.2, -0.15) is 0 Å². The first-order chi connectivity index (χ1) is 14.0. The fourth-order valence-electron chi connectivity index (χ4n) is 2.97. The Kier molecular flexibility index (Phi) is 5.17. The average Bonchev–Trinajstić information content (AvgIpc) is 3.38. The molecule has 2 aromatic carbocycles. The second kappa shape index (κ2) is 7.77. The molecule has 0 aliphatic carbocycles. The third-order valence-corrected chi connectivity index (χ3v) is 5.15. The Bertz CT molecular complexity index is 1130. The van der Waals surface area contributed by atoms with Crippen molar-refractivity contribution in [2.24, 2.45) is 0 Å². The number of anilines is 1. The molecule has 0 unspecified atom stereocenters. The number of hydrogen-bond donors (Lipinski definition) is 1. The van der Waals surface area contributed by atoms with E-state index >= 15 is 0 Å². The van der Waals surface area contributed by atoms with Gasteiger partial charge in [0.25, 0.3) is 5.91 Å². The van der Waals surface area contributed by atoms with Crippen molar-refractivity contribution in [1.82, 2.24) is 5.16 Å². The summed E-state index contributed by atoms with van der Waals surface area (Å²) in [6.45, 7) is 0.648. The van der Waals surface area contributed by atoms with Crippen molar-refractivity contribution in [3.8, 4) is 17.1 Å². The number of amides is 1. The zero-order chi connectivity index (χ0) is 20.5. The van der Waals surface area contributed by atoms with Gasteiger partial charge in [0.1, 0.15) is 5.75 Å². The number of rotatable bonds is 4. The number of nitrogens with zero attached hydrogens (tertiary/aromatic N) is 1. The van der Waals surface area contributed by atoms with E-state index in [0.29, 0.717) is 12.4 Å². The fourth-order valence-corrected chi connectivity index (χ4v) is 3.30. The largest absolute Gasteiger partial charge is 0.493 e. The van der Waals surface area contributed by atoms with Crippen molar-refractivity contribution >= 4 is 40.8 Å². The highest BCUT2D eigenvalue weighted by Crippen LogP contribution is 2.32. The quantitative estimate of drug-likeness (QED) is 0.604. The number of nitrogens with one attached hydrogen (secondary N) is 1. The maximum atomic E-state index is 12.6. The smallest absolute Gasteiger partial charge is 0.340 e. The van der Waals surface area contributed by atoms with Crippen LogP contribution in [0.5, 0.6) is 5.75 Å². The van der Waals surface area contributed by atoms with Crippen molar-refractivity contribution in [2.45, 2.75) is 6.42 Å². The summed E-state index contributed by atoms with van der Waals surface area (Å²) in [7, 11) is 1.22. The molecule has 1 aromatic heterocycles. The van der Waals surface area contributed by atoms with E-state index in [1.807, 2.05) is 18.2 Å². The number of carbonyl (C=O) groups is 2. The molecule has 0 atom stereocenters. The Morgan fingerprint density at radius 1 is 1.14 bits per heavy atom. The molecule has 0 saturated carbocycles. The van der Waals surface area contributed by atoms with Crippen LogP contribution in [0, 0.1) is 0 Å². The summed E-state index contributed by atoms with van der Waals surface area (Å²) in [5.74, 6) is 0.0430. The number of ether oxygens (including phenoxy) is 2. The molecule has 0 bridgehead atoms. The lowest BCUT2D eigenvalue weighted by Crippen LogP contribution is -2.15. The minimum atomic E-state index is -0.667. The van der Waals surface area contributed by atoms with E-state index in [0.717, 1.165) is 23.3 Å². The molecule has 2 heterocycles. The fraction of sp³-hybridized carbons (Fsp3) is 0.150. The van der Waals surface area contributed by atoms with E-state index in [-0.39, 0.29) is 27.0 Å². The highest BCUT2D eigenvalue weighted by atomic mass is 35.5. The normalized spacial score (nSPS) is 12.2. The summed E-state index contributed by atoms with van der Waals surface area (Å²) >= 11 is 12.0. The molecule has 1 aliphatic rings.